The van der Waals surface area contributed by atoms with Crippen LogP contribution in [0.1, 0.15) is 36.5 Å². The van der Waals surface area contributed by atoms with Crippen LogP contribution >= 0.6 is 0 Å². The van der Waals surface area contributed by atoms with Gasteiger partial charge >= 0.3 is 0 Å². The number of hydrogen-bond donors (Lipinski definition) is 0. The van der Waals surface area contributed by atoms with Gasteiger partial charge in [-0.15, -0.1) is 0 Å². The summed E-state index contributed by atoms with van der Waals surface area (Å²) < 4.78 is 5.41. The second kappa shape index (κ2) is 7.59. The number of carbonyl (C=O) groups excluding carboxylic acids is 1. The second-order valence-electron chi connectivity index (χ2n) is 6.07. The summed E-state index contributed by atoms with van der Waals surface area (Å²) in [6.45, 7) is 5.83. The Hall–Kier alpha value is -1.88. The van der Waals surface area contributed by atoms with Crippen molar-refractivity contribution in [1.82, 2.24) is 9.88 Å². The number of hydrogen-bond acceptors (Lipinski definition) is 4. The monoisotopic (exact) mass is 315 g/mol. The average molecular weight is 315 g/mol. The number of nitrogens with zero attached hydrogens (tertiary/aromatic N) is 3. The molecule has 1 fully saturated rings. The zero-order valence-electron chi connectivity index (χ0n) is 13.8. The maximum atomic E-state index is 13.1. The van der Waals surface area contributed by atoms with E-state index in [0.29, 0.717) is 25.3 Å². The first kappa shape index (κ1) is 16.0. The van der Waals surface area contributed by atoms with Crippen LogP contribution in [0.2, 0.25) is 0 Å². The maximum absolute atomic E-state index is 13.1. The lowest BCUT2D eigenvalue weighted by molar-refractivity contribution is 0.0742. The van der Waals surface area contributed by atoms with E-state index in [0.717, 1.165) is 38.2 Å². The topological polar surface area (TPSA) is 45.7 Å². The molecule has 1 aromatic heterocycles. The first-order chi connectivity index (χ1) is 11.3. The minimum atomic E-state index is 0.0886. The van der Waals surface area contributed by atoms with Gasteiger partial charge < -0.3 is 14.5 Å². The molecule has 3 heterocycles. The maximum Gasteiger partial charge on any atom is 0.258 e. The Morgan fingerprint density at radius 3 is 3.00 bits per heavy atom. The zero-order valence-corrected chi connectivity index (χ0v) is 13.8. The molecule has 1 amide bonds. The molecular formula is C18H25N3O2. The van der Waals surface area contributed by atoms with Crippen LogP contribution in [0.4, 0.5) is 5.82 Å². The summed E-state index contributed by atoms with van der Waals surface area (Å²) in [4.78, 5) is 21.7. The van der Waals surface area contributed by atoms with Gasteiger partial charge in [-0.05, 0) is 18.6 Å². The van der Waals surface area contributed by atoms with E-state index >= 15 is 0 Å². The van der Waals surface area contributed by atoms with Crippen molar-refractivity contribution in [2.75, 3.05) is 37.7 Å². The Bertz CT molecular complexity index is 567. The number of rotatable bonds is 5. The molecule has 3 rings (SSSR count). The fourth-order valence-electron chi connectivity index (χ4n) is 3.22. The Kier molecular flexibility index (Phi) is 5.28. The molecule has 1 atom stereocenters. The van der Waals surface area contributed by atoms with E-state index in [2.05, 4.69) is 29.0 Å². The summed E-state index contributed by atoms with van der Waals surface area (Å²) in [5, 5.41) is 0. The van der Waals surface area contributed by atoms with Crippen LogP contribution in [0.25, 0.3) is 0 Å². The summed E-state index contributed by atoms with van der Waals surface area (Å²) in [5.41, 5.74) is 0.708. The van der Waals surface area contributed by atoms with E-state index in [1.165, 1.54) is 0 Å². The van der Waals surface area contributed by atoms with Crippen molar-refractivity contribution < 1.29 is 9.53 Å². The lowest BCUT2D eigenvalue weighted by Crippen LogP contribution is -2.40. The smallest absolute Gasteiger partial charge is 0.258 e. The van der Waals surface area contributed by atoms with Gasteiger partial charge in [-0.3, -0.25) is 4.79 Å². The van der Waals surface area contributed by atoms with Crippen LogP contribution in [0.3, 0.4) is 0 Å². The van der Waals surface area contributed by atoms with Crippen LogP contribution in [0.15, 0.2) is 30.5 Å². The van der Waals surface area contributed by atoms with E-state index < -0.39 is 0 Å². The lowest BCUT2D eigenvalue weighted by Gasteiger charge is -2.31. The molecule has 5 heteroatoms. The highest BCUT2D eigenvalue weighted by Crippen LogP contribution is 2.24. The van der Waals surface area contributed by atoms with Gasteiger partial charge in [-0.25, -0.2) is 4.98 Å². The van der Waals surface area contributed by atoms with Gasteiger partial charge in [0.15, 0.2) is 0 Å². The standard InChI is InChI=1S/C18H25N3O2/c1-2-3-6-15-7-5-10-21(15)18(22)16-8-4-9-19-17(16)20-11-13-23-14-12-20/h4-5,7-9,15H,2-3,6,10-14H2,1H3/t15-/m0/s1. The number of anilines is 1. The molecule has 124 valence electrons. The average Bonchev–Trinajstić information content (AvgIpc) is 3.08. The Morgan fingerprint density at radius 2 is 2.22 bits per heavy atom. The lowest BCUT2D eigenvalue weighted by atomic mass is 10.1. The molecule has 1 aromatic rings. The van der Waals surface area contributed by atoms with Crippen molar-refractivity contribution in [3.8, 4) is 0 Å². The number of aromatic nitrogens is 1. The van der Waals surface area contributed by atoms with Gasteiger partial charge in [0, 0.05) is 25.8 Å². The van der Waals surface area contributed by atoms with Gasteiger partial charge in [0.25, 0.3) is 5.91 Å². The highest BCUT2D eigenvalue weighted by molar-refractivity contribution is 5.99. The van der Waals surface area contributed by atoms with Gasteiger partial charge in [-0.1, -0.05) is 31.9 Å². The van der Waals surface area contributed by atoms with Crippen molar-refractivity contribution >= 4 is 11.7 Å². The molecule has 0 aliphatic carbocycles. The minimum Gasteiger partial charge on any atom is -0.378 e. The van der Waals surface area contributed by atoms with Gasteiger partial charge in [0.1, 0.15) is 5.82 Å². The minimum absolute atomic E-state index is 0.0886. The molecule has 0 bridgehead atoms. The highest BCUT2D eigenvalue weighted by Gasteiger charge is 2.28. The molecule has 0 N–H and O–H groups in total. The van der Waals surface area contributed by atoms with Crippen molar-refractivity contribution in [2.45, 2.75) is 32.2 Å². The summed E-state index contributed by atoms with van der Waals surface area (Å²) in [7, 11) is 0. The van der Waals surface area contributed by atoms with Crippen molar-refractivity contribution in [3.63, 3.8) is 0 Å². The van der Waals surface area contributed by atoms with Crippen LogP contribution in [0, 0.1) is 0 Å². The summed E-state index contributed by atoms with van der Waals surface area (Å²) in [6, 6.07) is 3.97. The molecule has 0 aromatic carbocycles. The normalized spacial score (nSPS) is 21.0. The predicted octanol–water partition coefficient (Wildman–Crippen LogP) is 2.49. The molecule has 1 saturated heterocycles. The predicted molar refractivity (Wildman–Crippen MR) is 90.8 cm³/mol. The van der Waals surface area contributed by atoms with E-state index in [-0.39, 0.29) is 11.9 Å². The van der Waals surface area contributed by atoms with Crippen molar-refractivity contribution in [1.29, 1.82) is 0 Å². The molecule has 0 saturated carbocycles. The largest absolute Gasteiger partial charge is 0.378 e. The van der Waals surface area contributed by atoms with Gasteiger partial charge in [-0.2, -0.15) is 0 Å². The second-order valence-corrected chi connectivity index (χ2v) is 6.07. The molecule has 2 aliphatic rings. The molecule has 23 heavy (non-hydrogen) atoms. The molecular weight excluding hydrogens is 290 g/mol. The number of unbranched alkanes of at least 4 members (excludes halogenated alkanes) is 1. The highest BCUT2D eigenvalue weighted by atomic mass is 16.5. The van der Waals surface area contributed by atoms with Gasteiger partial charge in [0.2, 0.25) is 0 Å². The fourth-order valence-corrected chi connectivity index (χ4v) is 3.22. The number of morpholine rings is 1. The third-order valence-electron chi connectivity index (χ3n) is 4.50. The molecule has 5 nitrogen and oxygen atoms in total. The summed E-state index contributed by atoms with van der Waals surface area (Å²) in [5.74, 6) is 0.882. The molecule has 2 aliphatic heterocycles. The Morgan fingerprint density at radius 1 is 1.39 bits per heavy atom. The third-order valence-corrected chi connectivity index (χ3v) is 4.50. The van der Waals surface area contributed by atoms with Crippen molar-refractivity contribution in [3.05, 3.63) is 36.0 Å². The van der Waals surface area contributed by atoms with E-state index in [9.17, 15) is 4.79 Å². The van der Waals surface area contributed by atoms with Crippen molar-refractivity contribution in [2.24, 2.45) is 0 Å². The summed E-state index contributed by atoms with van der Waals surface area (Å²) in [6.07, 6.45) is 9.35. The van der Waals surface area contributed by atoms with E-state index in [4.69, 9.17) is 4.74 Å². The third kappa shape index (κ3) is 3.55. The molecule has 0 unspecified atom stereocenters. The quantitative estimate of drug-likeness (QED) is 0.783. The number of ether oxygens (including phenoxy) is 1. The fraction of sp³-hybridized carbons (Fsp3) is 0.556. The molecule has 0 spiro atoms. The zero-order chi connectivity index (χ0) is 16.1. The first-order valence-electron chi connectivity index (χ1n) is 8.56. The number of amides is 1. The van der Waals surface area contributed by atoms with Crippen LogP contribution in [-0.4, -0.2) is 54.7 Å². The SMILES string of the molecule is CCCC[C@H]1C=CCN1C(=O)c1cccnc1N1CCOCC1. The first-order valence-corrected chi connectivity index (χ1v) is 8.56. The number of pyridine rings is 1. The van der Waals surface area contributed by atoms with Crippen LogP contribution < -0.4 is 4.90 Å². The van der Waals surface area contributed by atoms with Crippen LogP contribution in [-0.2, 0) is 4.74 Å². The van der Waals surface area contributed by atoms with E-state index in [1.54, 1.807) is 6.20 Å². The Balaban J connectivity index is 1.79. The van der Waals surface area contributed by atoms with Crippen LogP contribution in [0.5, 0.6) is 0 Å². The Labute approximate surface area is 137 Å². The van der Waals surface area contributed by atoms with E-state index in [1.807, 2.05) is 17.0 Å². The summed E-state index contributed by atoms with van der Waals surface area (Å²) >= 11 is 0. The number of carbonyl (C=O) groups is 1. The van der Waals surface area contributed by atoms with Gasteiger partial charge in [0.05, 0.1) is 24.8 Å². The molecule has 0 radical (unpaired) electrons.